The Kier molecular flexibility index (Phi) is 5.90. The van der Waals surface area contributed by atoms with Crippen LogP contribution in [0.25, 0.3) is 0 Å². The van der Waals surface area contributed by atoms with Gasteiger partial charge in [0.1, 0.15) is 0 Å². The number of likely N-dealkylation sites (tertiary alicyclic amines) is 1. The molecule has 1 fully saturated rings. The number of hydrogen-bond acceptors (Lipinski definition) is 2. The van der Waals surface area contributed by atoms with E-state index < -0.39 is 0 Å². The Hall–Kier alpha value is -0.550. The van der Waals surface area contributed by atoms with Gasteiger partial charge >= 0.3 is 0 Å². The Morgan fingerprint density at radius 3 is 2.70 bits per heavy atom. The van der Waals surface area contributed by atoms with Crippen molar-refractivity contribution in [1.82, 2.24) is 10.2 Å². The molecule has 20 heavy (non-hydrogen) atoms. The number of anilines is 1. The zero-order chi connectivity index (χ0) is 14.5. The number of hydrogen-bond donors (Lipinski definition) is 2. The van der Waals surface area contributed by atoms with Gasteiger partial charge < -0.3 is 10.6 Å². The van der Waals surface area contributed by atoms with Crippen LogP contribution in [-0.2, 0) is 0 Å². The highest BCUT2D eigenvalue weighted by molar-refractivity contribution is 7.80. The van der Waals surface area contributed by atoms with Crippen molar-refractivity contribution in [2.45, 2.75) is 25.8 Å². The zero-order valence-corrected chi connectivity index (χ0v) is 13.8. The van der Waals surface area contributed by atoms with Crippen molar-refractivity contribution in [3.05, 3.63) is 28.2 Å². The van der Waals surface area contributed by atoms with Crippen molar-refractivity contribution in [2.75, 3.05) is 25.0 Å². The highest BCUT2D eigenvalue weighted by Gasteiger charge is 2.22. The standard InChI is InChI=1S/C14H19Cl2N3S/c1-2-19-5-3-4-13(19)9-17-14(20)18-12-7-10(15)6-11(16)8-12/h6-8,13H,2-5,9H2,1H3,(H2,17,18,20)/t13-/m1/s1. The van der Waals surface area contributed by atoms with Crippen LogP contribution in [0.5, 0.6) is 0 Å². The van der Waals surface area contributed by atoms with Crippen molar-refractivity contribution in [1.29, 1.82) is 0 Å². The lowest BCUT2D eigenvalue weighted by Crippen LogP contribution is -2.41. The molecule has 1 atom stereocenters. The number of nitrogens with one attached hydrogen (secondary N) is 2. The van der Waals surface area contributed by atoms with Crippen LogP contribution in [-0.4, -0.2) is 35.7 Å². The SMILES string of the molecule is CCN1CCC[C@@H]1CNC(=S)Nc1cc(Cl)cc(Cl)c1. The molecule has 0 aromatic heterocycles. The van der Waals surface area contributed by atoms with Crippen molar-refractivity contribution < 1.29 is 0 Å². The molecule has 0 radical (unpaired) electrons. The van der Waals surface area contributed by atoms with Gasteiger partial charge in [-0.1, -0.05) is 30.1 Å². The summed E-state index contributed by atoms with van der Waals surface area (Å²) in [7, 11) is 0. The molecule has 2 N–H and O–H groups in total. The normalized spacial score (nSPS) is 19.1. The first kappa shape index (κ1) is 15.8. The summed E-state index contributed by atoms with van der Waals surface area (Å²) in [6, 6.07) is 5.87. The Bertz CT molecular complexity index is 461. The van der Waals surface area contributed by atoms with E-state index in [1.807, 2.05) is 0 Å². The average Bonchev–Trinajstić information content (AvgIpc) is 2.82. The number of likely N-dealkylation sites (N-methyl/N-ethyl adjacent to an activating group) is 1. The lowest BCUT2D eigenvalue weighted by molar-refractivity contribution is 0.267. The van der Waals surface area contributed by atoms with E-state index in [1.54, 1.807) is 18.2 Å². The molecular weight excluding hydrogens is 313 g/mol. The lowest BCUT2D eigenvalue weighted by Gasteiger charge is -2.23. The maximum absolute atomic E-state index is 5.96. The maximum atomic E-state index is 5.96. The fourth-order valence-electron chi connectivity index (χ4n) is 2.55. The molecular formula is C14H19Cl2N3S. The molecule has 2 rings (SSSR count). The summed E-state index contributed by atoms with van der Waals surface area (Å²) >= 11 is 17.2. The van der Waals surface area contributed by atoms with Crippen LogP contribution in [0.4, 0.5) is 5.69 Å². The first-order valence-corrected chi connectivity index (χ1v) is 8.00. The molecule has 0 spiro atoms. The van der Waals surface area contributed by atoms with E-state index in [-0.39, 0.29) is 0 Å². The molecule has 1 heterocycles. The molecule has 0 aliphatic carbocycles. The van der Waals surface area contributed by atoms with Gasteiger partial charge in [0.15, 0.2) is 5.11 Å². The smallest absolute Gasteiger partial charge is 0.170 e. The fourth-order valence-corrected chi connectivity index (χ4v) is 3.28. The van der Waals surface area contributed by atoms with E-state index in [0.717, 1.165) is 18.8 Å². The minimum atomic E-state index is 0.572. The van der Waals surface area contributed by atoms with Crippen molar-refractivity contribution in [2.24, 2.45) is 0 Å². The summed E-state index contributed by atoms with van der Waals surface area (Å²) in [5, 5.41) is 8.17. The third-order valence-corrected chi connectivity index (χ3v) is 4.21. The van der Waals surface area contributed by atoms with Crippen LogP contribution >= 0.6 is 35.4 Å². The molecule has 1 saturated heterocycles. The predicted octanol–water partition coefficient (Wildman–Crippen LogP) is 3.76. The maximum Gasteiger partial charge on any atom is 0.170 e. The van der Waals surface area contributed by atoms with Gasteiger partial charge in [0.2, 0.25) is 0 Å². The summed E-state index contributed by atoms with van der Waals surface area (Å²) < 4.78 is 0. The van der Waals surface area contributed by atoms with Crippen LogP contribution in [0.1, 0.15) is 19.8 Å². The van der Waals surface area contributed by atoms with Gasteiger partial charge in [0, 0.05) is 28.3 Å². The third-order valence-electron chi connectivity index (χ3n) is 3.52. The largest absolute Gasteiger partial charge is 0.361 e. The predicted molar refractivity (Wildman–Crippen MR) is 91.0 cm³/mol. The highest BCUT2D eigenvalue weighted by Crippen LogP contribution is 2.22. The number of halogens is 2. The minimum Gasteiger partial charge on any atom is -0.361 e. The van der Waals surface area contributed by atoms with Gasteiger partial charge in [-0.3, -0.25) is 4.90 Å². The molecule has 110 valence electrons. The van der Waals surface area contributed by atoms with Crippen LogP contribution in [0, 0.1) is 0 Å². The van der Waals surface area contributed by atoms with Gasteiger partial charge in [-0.15, -0.1) is 0 Å². The molecule has 0 bridgehead atoms. The fraction of sp³-hybridized carbons (Fsp3) is 0.500. The quantitative estimate of drug-likeness (QED) is 0.821. The minimum absolute atomic E-state index is 0.572. The van der Waals surface area contributed by atoms with Gasteiger partial charge in [-0.25, -0.2) is 0 Å². The molecule has 1 aromatic carbocycles. The van der Waals surface area contributed by atoms with E-state index in [2.05, 4.69) is 22.5 Å². The van der Waals surface area contributed by atoms with Crippen LogP contribution < -0.4 is 10.6 Å². The average molecular weight is 332 g/mol. The molecule has 6 heteroatoms. The molecule has 0 unspecified atom stereocenters. The van der Waals surface area contributed by atoms with Gasteiger partial charge in [0.25, 0.3) is 0 Å². The first-order chi connectivity index (χ1) is 9.58. The summed E-state index contributed by atoms with van der Waals surface area (Å²) in [5.41, 5.74) is 0.804. The van der Waals surface area contributed by atoms with E-state index in [9.17, 15) is 0 Å². The zero-order valence-electron chi connectivity index (χ0n) is 11.5. The van der Waals surface area contributed by atoms with Crippen molar-refractivity contribution in [3.8, 4) is 0 Å². The summed E-state index contributed by atoms with van der Waals surface area (Å²) in [4.78, 5) is 2.48. The molecule has 0 saturated carbocycles. The molecule has 1 aromatic rings. The topological polar surface area (TPSA) is 27.3 Å². The van der Waals surface area contributed by atoms with E-state index in [4.69, 9.17) is 35.4 Å². The number of benzene rings is 1. The van der Waals surface area contributed by atoms with Crippen LogP contribution in [0.15, 0.2) is 18.2 Å². The Morgan fingerprint density at radius 2 is 2.05 bits per heavy atom. The van der Waals surface area contributed by atoms with Gasteiger partial charge in [-0.2, -0.15) is 0 Å². The molecule has 1 aliphatic rings. The van der Waals surface area contributed by atoms with Crippen LogP contribution in [0.2, 0.25) is 10.0 Å². The Morgan fingerprint density at radius 1 is 1.35 bits per heavy atom. The highest BCUT2D eigenvalue weighted by atomic mass is 35.5. The number of thiocarbonyl (C=S) groups is 1. The summed E-state index contributed by atoms with van der Waals surface area (Å²) in [5.74, 6) is 0. The van der Waals surface area contributed by atoms with E-state index in [1.165, 1.54) is 19.4 Å². The first-order valence-electron chi connectivity index (χ1n) is 6.83. The van der Waals surface area contributed by atoms with E-state index >= 15 is 0 Å². The monoisotopic (exact) mass is 331 g/mol. The number of nitrogens with zero attached hydrogens (tertiary/aromatic N) is 1. The van der Waals surface area contributed by atoms with Gasteiger partial charge in [0.05, 0.1) is 0 Å². The van der Waals surface area contributed by atoms with Gasteiger partial charge in [-0.05, 0) is 56.3 Å². The second kappa shape index (κ2) is 7.46. The second-order valence-corrected chi connectivity index (χ2v) is 6.20. The summed E-state index contributed by atoms with van der Waals surface area (Å²) in [6.45, 7) is 5.35. The second-order valence-electron chi connectivity index (χ2n) is 4.92. The van der Waals surface area contributed by atoms with Crippen LogP contribution in [0.3, 0.4) is 0 Å². The molecule has 3 nitrogen and oxygen atoms in total. The Balaban J connectivity index is 1.83. The molecule has 0 amide bonds. The lowest BCUT2D eigenvalue weighted by atomic mass is 10.2. The Labute approximate surface area is 135 Å². The van der Waals surface area contributed by atoms with Crippen molar-refractivity contribution in [3.63, 3.8) is 0 Å². The van der Waals surface area contributed by atoms with Crippen molar-refractivity contribution >= 4 is 46.2 Å². The number of rotatable bonds is 4. The van der Waals surface area contributed by atoms with E-state index in [0.29, 0.717) is 21.2 Å². The third kappa shape index (κ3) is 4.48. The summed E-state index contributed by atoms with van der Waals surface area (Å²) in [6.07, 6.45) is 2.50. The molecule has 1 aliphatic heterocycles.